The minimum absolute atomic E-state index is 0.0524. The molecule has 0 spiro atoms. The Kier molecular flexibility index (Phi) is 7.82. The normalized spacial score (nSPS) is 11.5. The molecule has 6 heteroatoms. The molecule has 0 fully saturated rings. The molecule has 0 bridgehead atoms. The number of ether oxygens (including phenoxy) is 1. The fraction of sp³-hybridized carbons (Fsp3) is 0.333. The molecule has 6 nitrogen and oxygen atoms in total. The quantitative estimate of drug-likeness (QED) is 0.591. The number of amides is 1. The van der Waals surface area contributed by atoms with Crippen molar-refractivity contribution in [2.24, 2.45) is 0 Å². The molecule has 0 saturated carbocycles. The summed E-state index contributed by atoms with van der Waals surface area (Å²) in [6, 6.07) is 14.7. The van der Waals surface area contributed by atoms with Crippen molar-refractivity contribution in [1.82, 2.24) is 5.32 Å². The van der Waals surface area contributed by atoms with Crippen LogP contribution in [0.3, 0.4) is 0 Å². The van der Waals surface area contributed by atoms with E-state index in [4.69, 9.17) is 9.84 Å². The monoisotopic (exact) mass is 370 g/mol. The van der Waals surface area contributed by atoms with Gasteiger partial charge in [0.05, 0.1) is 18.2 Å². The van der Waals surface area contributed by atoms with Gasteiger partial charge < -0.3 is 20.5 Å². The highest BCUT2D eigenvalue weighted by atomic mass is 16.5. The van der Waals surface area contributed by atoms with Gasteiger partial charge in [-0.25, -0.2) is 4.79 Å². The van der Waals surface area contributed by atoms with Crippen LogP contribution in [-0.4, -0.2) is 36.7 Å². The highest BCUT2D eigenvalue weighted by molar-refractivity contribution is 5.96. The summed E-state index contributed by atoms with van der Waals surface area (Å²) in [6.07, 6.45) is 0.733. The van der Waals surface area contributed by atoms with Crippen LogP contribution in [0.4, 0.5) is 5.69 Å². The van der Waals surface area contributed by atoms with Crippen molar-refractivity contribution >= 4 is 17.6 Å². The molecular formula is C21H26N2O4. The Morgan fingerprint density at radius 2 is 1.81 bits per heavy atom. The predicted molar refractivity (Wildman–Crippen MR) is 105 cm³/mol. The third kappa shape index (κ3) is 6.11. The Labute approximate surface area is 159 Å². The van der Waals surface area contributed by atoms with Crippen LogP contribution >= 0.6 is 0 Å². The fourth-order valence-corrected chi connectivity index (χ4v) is 2.67. The number of nitrogens with one attached hydrogen (secondary N) is 2. The zero-order valence-corrected chi connectivity index (χ0v) is 15.7. The summed E-state index contributed by atoms with van der Waals surface area (Å²) < 4.78 is 5.16. The third-order valence-electron chi connectivity index (χ3n) is 4.13. The van der Waals surface area contributed by atoms with E-state index in [9.17, 15) is 9.59 Å². The first kappa shape index (κ1) is 20.5. The van der Waals surface area contributed by atoms with E-state index in [1.54, 1.807) is 24.3 Å². The second-order valence-electron chi connectivity index (χ2n) is 6.21. The number of anilines is 1. The van der Waals surface area contributed by atoms with Crippen molar-refractivity contribution in [3.05, 3.63) is 65.2 Å². The zero-order chi connectivity index (χ0) is 19.6. The number of esters is 1. The van der Waals surface area contributed by atoms with Crippen LogP contribution in [0.5, 0.6) is 0 Å². The van der Waals surface area contributed by atoms with Crippen LogP contribution in [0.1, 0.15) is 40.9 Å². The molecule has 0 unspecified atom stereocenters. The van der Waals surface area contributed by atoms with Crippen LogP contribution < -0.4 is 10.6 Å². The molecule has 2 aromatic carbocycles. The molecular weight excluding hydrogens is 344 g/mol. The van der Waals surface area contributed by atoms with Gasteiger partial charge in [0.15, 0.2) is 6.61 Å². The molecule has 144 valence electrons. The van der Waals surface area contributed by atoms with Gasteiger partial charge in [0.25, 0.3) is 5.91 Å². The molecule has 1 amide bonds. The van der Waals surface area contributed by atoms with E-state index in [1.165, 1.54) is 0 Å². The lowest BCUT2D eigenvalue weighted by Gasteiger charge is -2.18. The number of hydrogen-bond donors (Lipinski definition) is 3. The average molecular weight is 370 g/mol. The Bertz CT molecular complexity index is 759. The Morgan fingerprint density at radius 3 is 2.48 bits per heavy atom. The first-order valence-corrected chi connectivity index (χ1v) is 9.02. The van der Waals surface area contributed by atoms with Gasteiger partial charge in [0.1, 0.15) is 0 Å². The van der Waals surface area contributed by atoms with E-state index >= 15 is 0 Å². The summed E-state index contributed by atoms with van der Waals surface area (Å²) in [5, 5.41) is 14.8. The highest BCUT2D eigenvalue weighted by Crippen LogP contribution is 2.18. The SMILES string of the molecule is CC[C@@H](NC(=O)COC(=O)c1ccccc1NCCO)c1ccc(C)cc1. The van der Waals surface area contributed by atoms with Gasteiger partial charge in [0.2, 0.25) is 0 Å². The van der Waals surface area contributed by atoms with E-state index < -0.39 is 5.97 Å². The number of aliphatic hydroxyl groups is 1. The number of benzene rings is 2. The second-order valence-corrected chi connectivity index (χ2v) is 6.21. The molecule has 27 heavy (non-hydrogen) atoms. The van der Waals surface area contributed by atoms with Gasteiger partial charge in [0, 0.05) is 12.2 Å². The van der Waals surface area contributed by atoms with Gasteiger partial charge in [-0.15, -0.1) is 0 Å². The van der Waals surface area contributed by atoms with Crippen LogP contribution in [0.2, 0.25) is 0 Å². The van der Waals surface area contributed by atoms with Gasteiger partial charge in [-0.05, 0) is 31.0 Å². The maximum atomic E-state index is 12.3. The van der Waals surface area contributed by atoms with Crippen molar-refractivity contribution in [3.63, 3.8) is 0 Å². The van der Waals surface area contributed by atoms with E-state index in [-0.39, 0.29) is 25.2 Å². The molecule has 2 rings (SSSR count). The molecule has 0 heterocycles. The number of carbonyl (C=O) groups is 2. The van der Waals surface area contributed by atoms with Crippen molar-refractivity contribution in [3.8, 4) is 0 Å². The molecule has 0 aromatic heterocycles. The minimum Gasteiger partial charge on any atom is -0.452 e. The van der Waals surface area contributed by atoms with Crippen LogP contribution in [-0.2, 0) is 9.53 Å². The van der Waals surface area contributed by atoms with E-state index in [2.05, 4.69) is 10.6 Å². The van der Waals surface area contributed by atoms with Gasteiger partial charge >= 0.3 is 5.97 Å². The summed E-state index contributed by atoms with van der Waals surface area (Å²) in [5.41, 5.74) is 3.05. The summed E-state index contributed by atoms with van der Waals surface area (Å²) in [7, 11) is 0. The van der Waals surface area contributed by atoms with E-state index in [0.29, 0.717) is 17.8 Å². The van der Waals surface area contributed by atoms with Crippen LogP contribution in [0.15, 0.2) is 48.5 Å². The van der Waals surface area contributed by atoms with E-state index in [0.717, 1.165) is 17.5 Å². The average Bonchev–Trinajstić information content (AvgIpc) is 2.69. The number of carbonyl (C=O) groups excluding carboxylic acids is 2. The Hall–Kier alpha value is -2.86. The van der Waals surface area contributed by atoms with Gasteiger partial charge in [-0.2, -0.15) is 0 Å². The highest BCUT2D eigenvalue weighted by Gasteiger charge is 2.16. The lowest BCUT2D eigenvalue weighted by Crippen LogP contribution is -2.32. The summed E-state index contributed by atoms with van der Waals surface area (Å²) >= 11 is 0. The number of aliphatic hydroxyl groups excluding tert-OH is 1. The number of aryl methyl sites for hydroxylation is 1. The topological polar surface area (TPSA) is 87.7 Å². The number of para-hydroxylation sites is 1. The molecule has 0 saturated heterocycles. The molecule has 3 N–H and O–H groups in total. The largest absolute Gasteiger partial charge is 0.452 e. The first-order valence-electron chi connectivity index (χ1n) is 9.02. The lowest BCUT2D eigenvalue weighted by atomic mass is 10.0. The Morgan fingerprint density at radius 1 is 1.11 bits per heavy atom. The van der Waals surface area contributed by atoms with Gasteiger partial charge in [-0.3, -0.25) is 4.79 Å². The smallest absolute Gasteiger partial charge is 0.340 e. The van der Waals surface area contributed by atoms with Gasteiger partial charge in [-0.1, -0.05) is 48.9 Å². The van der Waals surface area contributed by atoms with Crippen LogP contribution in [0.25, 0.3) is 0 Å². The second kappa shape index (κ2) is 10.3. The fourth-order valence-electron chi connectivity index (χ4n) is 2.67. The van der Waals surface area contributed by atoms with Crippen molar-refractivity contribution in [2.45, 2.75) is 26.3 Å². The maximum absolute atomic E-state index is 12.3. The van der Waals surface area contributed by atoms with Crippen molar-refractivity contribution in [2.75, 3.05) is 25.1 Å². The molecule has 1 atom stereocenters. The predicted octanol–water partition coefficient (Wildman–Crippen LogP) is 2.82. The molecule has 0 aliphatic heterocycles. The maximum Gasteiger partial charge on any atom is 0.340 e. The standard InChI is InChI=1S/C21H26N2O4/c1-3-18(16-10-8-15(2)9-11-16)23-20(25)14-27-21(26)17-6-4-5-7-19(17)22-12-13-24/h4-11,18,22,24H,3,12-14H2,1-2H3,(H,23,25)/t18-/m1/s1. The number of hydrogen-bond acceptors (Lipinski definition) is 5. The summed E-state index contributed by atoms with van der Waals surface area (Å²) in [5.74, 6) is -0.939. The molecule has 0 radical (unpaired) electrons. The molecule has 2 aromatic rings. The van der Waals surface area contributed by atoms with Crippen molar-refractivity contribution < 1.29 is 19.4 Å². The molecule has 0 aliphatic carbocycles. The summed E-state index contributed by atoms with van der Waals surface area (Å²) in [6.45, 7) is 3.91. The summed E-state index contributed by atoms with van der Waals surface area (Å²) in [4.78, 5) is 24.5. The minimum atomic E-state index is -0.588. The molecule has 0 aliphatic rings. The Balaban J connectivity index is 1.92. The van der Waals surface area contributed by atoms with E-state index in [1.807, 2.05) is 38.1 Å². The van der Waals surface area contributed by atoms with Crippen molar-refractivity contribution in [1.29, 1.82) is 0 Å². The lowest BCUT2D eigenvalue weighted by molar-refractivity contribution is -0.125. The number of rotatable bonds is 9. The van der Waals surface area contributed by atoms with Crippen LogP contribution in [0, 0.1) is 6.92 Å². The zero-order valence-electron chi connectivity index (χ0n) is 15.7. The third-order valence-corrected chi connectivity index (χ3v) is 4.13. The first-order chi connectivity index (χ1) is 13.0.